The van der Waals surface area contributed by atoms with Crippen molar-refractivity contribution >= 4 is 11.6 Å². The minimum Gasteiger partial charge on any atom is -0.496 e. The number of hydrogen-bond donors (Lipinski definition) is 1. The third-order valence-corrected chi connectivity index (χ3v) is 2.56. The molecule has 1 aromatic rings. The van der Waals surface area contributed by atoms with E-state index in [4.69, 9.17) is 26.8 Å². The highest BCUT2D eigenvalue weighted by Gasteiger charge is 2.22. The minimum atomic E-state index is -0.0223. The first-order chi connectivity index (χ1) is 6.72. The molecule has 0 saturated heterocycles. The van der Waals surface area contributed by atoms with Gasteiger partial charge in [-0.2, -0.15) is 0 Å². The minimum absolute atomic E-state index is 0.0223. The Morgan fingerprint density at radius 3 is 3.07 bits per heavy atom. The molecule has 1 aliphatic rings. The Balaban J connectivity index is 2.55. The van der Waals surface area contributed by atoms with Crippen LogP contribution in [0.2, 0.25) is 5.02 Å². The molecular weight excluding hydrogens is 202 g/mol. The molecule has 0 spiro atoms. The smallest absolute Gasteiger partial charge is 0.129 e. The van der Waals surface area contributed by atoms with Gasteiger partial charge < -0.3 is 15.2 Å². The fourth-order valence-corrected chi connectivity index (χ4v) is 1.86. The number of rotatable bonds is 1. The zero-order valence-corrected chi connectivity index (χ0v) is 8.67. The monoisotopic (exact) mass is 213 g/mol. The van der Waals surface area contributed by atoms with Gasteiger partial charge in [-0.25, -0.2) is 0 Å². The van der Waals surface area contributed by atoms with Crippen LogP contribution in [0.15, 0.2) is 12.1 Å². The highest BCUT2D eigenvalue weighted by Crippen LogP contribution is 2.39. The largest absolute Gasteiger partial charge is 0.496 e. The Hall–Kier alpha value is -0.930. The van der Waals surface area contributed by atoms with Crippen LogP contribution in [0.1, 0.15) is 18.0 Å². The number of hydrogen-bond acceptors (Lipinski definition) is 3. The molecule has 2 N–H and O–H groups in total. The first-order valence-electron chi connectivity index (χ1n) is 4.48. The number of methoxy groups -OCH3 is 1. The maximum atomic E-state index is 5.97. The van der Waals surface area contributed by atoms with Crippen molar-refractivity contribution in [3.05, 3.63) is 22.7 Å². The molecule has 0 fully saturated rings. The summed E-state index contributed by atoms with van der Waals surface area (Å²) in [6.45, 7) is 0.637. The van der Waals surface area contributed by atoms with Gasteiger partial charge in [0.1, 0.15) is 11.5 Å². The molecular formula is C10H12ClNO2. The highest BCUT2D eigenvalue weighted by atomic mass is 35.5. The fraction of sp³-hybridized carbons (Fsp3) is 0.400. The molecule has 0 aromatic heterocycles. The number of fused-ring (bicyclic) bond motifs is 1. The maximum absolute atomic E-state index is 5.97. The van der Waals surface area contributed by atoms with Gasteiger partial charge in [0.15, 0.2) is 0 Å². The zero-order chi connectivity index (χ0) is 10.1. The van der Waals surface area contributed by atoms with Crippen LogP contribution in [0.25, 0.3) is 0 Å². The molecule has 3 nitrogen and oxygen atoms in total. The van der Waals surface area contributed by atoms with Gasteiger partial charge in [-0.1, -0.05) is 11.6 Å². The molecule has 14 heavy (non-hydrogen) atoms. The van der Waals surface area contributed by atoms with E-state index in [0.717, 1.165) is 17.7 Å². The molecule has 1 aromatic carbocycles. The molecule has 1 heterocycles. The summed E-state index contributed by atoms with van der Waals surface area (Å²) in [6.07, 6.45) is 0.811. The molecule has 0 amide bonds. The van der Waals surface area contributed by atoms with Gasteiger partial charge in [-0.05, 0) is 12.1 Å². The van der Waals surface area contributed by atoms with E-state index in [1.54, 1.807) is 19.2 Å². The summed E-state index contributed by atoms with van der Waals surface area (Å²) < 4.78 is 10.7. The number of ether oxygens (including phenoxy) is 2. The van der Waals surface area contributed by atoms with Crippen LogP contribution in [0, 0.1) is 0 Å². The summed E-state index contributed by atoms with van der Waals surface area (Å²) in [5.74, 6) is 1.45. The second kappa shape index (κ2) is 3.67. The van der Waals surface area contributed by atoms with Crippen LogP contribution in [0.4, 0.5) is 0 Å². The van der Waals surface area contributed by atoms with Crippen LogP contribution in [0.5, 0.6) is 11.5 Å². The summed E-state index contributed by atoms with van der Waals surface area (Å²) >= 11 is 5.91. The summed E-state index contributed by atoms with van der Waals surface area (Å²) in [5.41, 5.74) is 6.89. The quantitative estimate of drug-likeness (QED) is 0.777. The van der Waals surface area contributed by atoms with E-state index >= 15 is 0 Å². The standard InChI is InChI=1S/C10H12ClNO2/c1-13-8-4-6(11)5-9-10(8)7(12)2-3-14-9/h4-5,7H,2-3,12H2,1H3. The predicted molar refractivity (Wildman–Crippen MR) is 55.0 cm³/mol. The maximum Gasteiger partial charge on any atom is 0.129 e. The Labute approximate surface area is 87.8 Å². The summed E-state index contributed by atoms with van der Waals surface area (Å²) in [6, 6.07) is 3.51. The van der Waals surface area contributed by atoms with Crippen LogP contribution in [-0.2, 0) is 0 Å². The van der Waals surface area contributed by atoms with Gasteiger partial charge in [0.25, 0.3) is 0 Å². The van der Waals surface area contributed by atoms with Gasteiger partial charge in [0.2, 0.25) is 0 Å². The molecule has 76 valence electrons. The highest BCUT2D eigenvalue weighted by molar-refractivity contribution is 6.30. The second-order valence-corrected chi connectivity index (χ2v) is 3.70. The van der Waals surface area contributed by atoms with Crippen LogP contribution in [0.3, 0.4) is 0 Å². The van der Waals surface area contributed by atoms with Crippen molar-refractivity contribution in [2.24, 2.45) is 5.73 Å². The summed E-state index contributed by atoms with van der Waals surface area (Å²) in [5, 5.41) is 0.606. The molecule has 0 radical (unpaired) electrons. The molecule has 0 bridgehead atoms. The van der Waals surface area contributed by atoms with E-state index in [2.05, 4.69) is 0 Å². The second-order valence-electron chi connectivity index (χ2n) is 3.26. The zero-order valence-electron chi connectivity index (χ0n) is 7.92. The average molecular weight is 214 g/mol. The molecule has 0 saturated carbocycles. The lowest BCUT2D eigenvalue weighted by atomic mass is 10.0. The lowest BCUT2D eigenvalue weighted by Gasteiger charge is -2.25. The molecule has 1 aliphatic heterocycles. The van der Waals surface area contributed by atoms with Crippen LogP contribution < -0.4 is 15.2 Å². The van der Waals surface area contributed by atoms with Crippen molar-refractivity contribution in [1.29, 1.82) is 0 Å². The third kappa shape index (κ3) is 1.53. The van der Waals surface area contributed by atoms with Gasteiger partial charge in [0, 0.05) is 17.5 Å². The number of benzene rings is 1. The number of halogens is 1. The van der Waals surface area contributed by atoms with Crippen LogP contribution >= 0.6 is 11.6 Å². The molecule has 4 heteroatoms. The molecule has 2 rings (SSSR count). The Bertz CT molecular complexity index is 337. The molecule has 1 unspecified atom stereocenters. The fourth-order valence-electron chi connectivity index (χ4n) is 1.66. The Kier molecular flexibility index (Phi) is 2.52. The lowest BCUT2D eigenvalue weighted by molar-refractivity contribution is 0.262. The van der Waals surface area contributed by atoms with Crippen LogP contribution in [-0.4, -0.2) is 13.7 Å². The first-order valence-corrected chi connectivity index (χ1v) is 4.86. The van der Waals surface area contributed by atoms with E-state index in [9.17, 15) is 0 Å². The van der Waals surface area contributed by atoms with E-state index in [0.29, 0.717) is 17.4 Å². The Morgan fingerprint density at radius 1 is 1.57 bits per heavy atom. The Morgan fingerprint density at radius 2 is 2.36 bits per heavy atom. The third-order valence-electron chi connectivity index (χ3n) is 2.35. The van der Waals surface area contributed by atoms with E-state index < -0.39 is 0 Å². The normalized spacial score (nSPS) is 19.8. The predicted octanol–water partition coefficient (Wildman–Crippen LogP) is 2.13. The van der Waals surface area contributed by atoms with Gasteiger partial charge in [-0.3, -0.25) is 0 Å². The first kappa shape index (κ1) is 9.62. The molecule has 1 atom stereocenters. The topological polar surface area (TPSA) is 44.5 Å². The average Bonchev–Trinajstić information content (AvgIpc) is 2.16. The lowest BCUT2D eigenvalue weighted by Crippen LogP contribution is -2.21. The van der Waals surface area contributed by atoms with Crippen molar-refractivity contribution < 1.29 is 9.47 Å². The summed E-state index contributed by atoms with van der Waals surface area (Å²) in [7, 11) is 1.60. The van der Waals surface area contributed by atoms with Crippen molar-refractivity contribution in [3.63, 3.8) is 0 Å². The van der Waals surface area contributed by atoms with E-state index in [1.165, 1.54) is 0 Å². The SMILES string of the molecule is COc1cc(Cl)cc2c1C(N)CCO2. The van der Waals surface area contributed by atoms with Crippen molar-refractivity contribution in [1.82, 2.24) is 0 Å². The number of nitrogens with two attached hydrogens (primary N) is 1. The van der Waals surface area contributed by atoms with Gasteiger partial charge >= 0.3 is 0 Å². The van der Waals surface area contributed by atoms with E-state index in [1.807, 2.05) is 0 Å². The van der Waals surface area contributed by atoms with Crippen molar-refractivity contribution in [3.8, 4) is 11.5 Å². The van der Waals surface area contributed by atoms with E-state index in [-0.39, 0.29) is 6.04 Å². The van der Waals surface area contributed by atoms with Crippen molar-refractivity contribution in [2.45, 2.75) is 12.5 Å². The van der Waals surface area contributed by atoms with Crippen molar-refractivity contribution in [2.75, 3.05) is 13.7 Å². The van der Waals surface area contributed by atoms with Gasteiger partial charge in [-0.15, -0.1) is 0 Å². The van der Waals surface area contributed by atoms with Gasteiger partial charge in [0.05, 0.1) is 19.3 Å². The molecule has 0 aliphatic carbocycles. The summed E-state index contributed by atoms with van der Waals surface area (Å²) in [4.78, 5) is 0.